The quantitative estimate of drug-likeness (QED) is 0.807. The minimum absolute atomic E-state index is 0.0959. The van der Waals surface area contributed by atoms with Gasteiger partial charge in [-0.2, -0.15) is 0 Å². The largest absolute Gasteiger partial charge is 0.369 e. The van der Waals surface area contributed by atoms with Crippen LogP contribution >= 0.6 is 0 Å². The first-order valence-corrected chi connectivity index (χ1v) is 6.38. The number of amides is 1. The van der Waals surface area contributed by atoms with E-state index in [2.05, 4.69) is 31.0 Å². The van der Waals surface area contributed by atoms with E-state index in [1.165, 1.54) is 11.8 Å². The SMILES string of the molecule is C/C=C/C(=O)Nc1ccc(N(CC)C(C)C)cc1. The van der Waals surface area contributed by atoms with Crippen LogP contribution < -0.4 is 10.2 Å². The van der Waals surface area contributed by atoms with Gasteiger partial charge in [0.25, 0.3) is 0 Å². The Kier molecular flexibility index (Phi) is 5.43. The van der Waals surface area contributed by atoms with E-state index in [1.807, 2.05) is 31.2 Å². The average molecular weight is 246 g/mol. The summed E-state index contributed by atoms with van der Waals surface area (Å²) in [5, 5.41) is 2.81. The summed E-state index contributed by atoms with van der Waals surface area (Å²) in [6.07, 6.45) is 3.24. The highest BCUT2D eigenvalue weighted by Gasteiger charge is 2.07. The second kappa shape index (κ2) is 6.84. The number of nitrogens with one attached hydrogen (secondary N) is 1. The van der Waals surface area contributed by atoms with Gasteiger partial charge in [0.15, 0.2) is 0 Å². The zero-order chi connectivity index (χ0) is 13.5. The number of allylic oxidation sites excluding steroid dienone is 1. The Balaban J connectivity index is 2.76. The molecule has 0 unspecified atom stereocenters. The Morgan fingerprint density at radius 1 is 1.33 bits per heavy atom. The lowest BCUT2D eigenvalue weighted by Gasteiger charge is -2.27. The molecule has 1 rings (SSSR count). The highest BCUT2D eigenvalue weighted by molar-refractivity contribution is 5.99. The monoisotopic (exact) mass is 246 g/mol. The van der Waals surface area contributed by atoms with Gasteiger partial charge in [0, 0.05) is 24.0 Å². The van der Waals surface area contributed by atoms with Crippen LogP contribution in [0.3, 0.4) is 0 Å². The number of hydrogen-bond donors (Lipinski definition) is 1. The minimum atomic E-state index is -0.0959. The molecule has 0 saturated carbocycles. The predicted octanol–water partition coefficient (Wildman–Crippen LogP) is 3.44. The Labute approximate surface area is 109 Å². The van der Waals surface area contributed by atoms with E-state index in [0.29, 0.717) is 6.04 Å². The molecule has 0 fully saturated rings. The number of hydrogen-bond acceptors (Lipinski definition) is 2. The molecule has 0 bridgehead atoms. The molecule has 0 spiro atoms. The molecule has 0 aromatic heterocycles. The summed E-state index contributed by atoms with van der Waals surface area (Å²) >= 11 is 0. The summed E-state index contributed by atoms with van der Waals surface area (Å²) in [5.41, 5.74) is 2.00. The molecule has 0 aliphatic rings. The molecule has 1 aromatic carbocycles. The Hall–Kier alpha value is -1.77. The van der Waals surface area contributed by atoms with Gasteiger partial charge < -0.3 is 10.2 Å². The van der Waals surface area contributed by atoms with E-state index in [-0.39, 0.29) is 5.91 Å². The third-order valence-corrected chi connectivity index (χ3v) is 2.75. The number of carbonyl (C=O) groups is 1. The maximum Gasteiger partial charge on any atom is 0.248 e. The molecule has 0 saturated heterocycles. The molecule has 1 aromatic rings. The van der Waals surface area contributed by atoms with Crippen LogP contribution in [0.5, 0.6) is 0 Å². The van der Waals surface area contributed by atoms with E-state index in [9.17, 15) is 4.79 Å². The van der Waals surface area contributed by atoms with Crippen molar-refractivity contribution in [3.63, 3.8) is 0 Å². The third kappa shape index (κ3) is 3.91. The second-order valence-corrected chi connectivity index (χ2v) is 4.42. The Morgan fingerprint density at radius 2 is 1.94 bits per heavy atom. The lowest BCUT2D eigenvalue weighted by Crippen LogP contribution is -2.30. The Morgan fingerprint density at radius 3 is 2.39 bits per heavy atom. The average Bonchev–Trinajstić information content (AvgIpc) is 2.32. The van der Waals surface area contributed by atoms with E-state index < -0.39 is 0 Å². The van der Waals surface area contributed by atoms with Gasteiger partial charge in [-0.05, 0) is 58.0 Å². The highest BCUT2D eigenvalue weighted by Crippen LogP contribution is 2.19. The summed E-state index contributed by atoms with van der Waals surface area (Å²) in [6, 6.07) is 8.41. The molecule has 3 nitrogen and oxygen atoms in total. The summed E-state index contributed by atoms with van der Waals surface area (Å²) in [4.78, 5) is 13.7. The number of benzene rings is 1. The van der Waals surface area contributed by atoms with Crippen molar-refractivity contribution in [3.8, 4) is 0 Å². The molecule has 0 atom stereocenters. The zero-order valence-electron chi connectivity index (χ0n) is 11.6. The molecule has 1 N–H and O–H groups in total. The van der Waals surface area contributed by atoms with Gasteiger partial charge in [0.05, 0.1) is 0 Å². The van der Waals surface area contributed by atoms with Gasteiger partial charge in [-0.25, -0.2) is 0 Å². The van der Waals surface area contributed by atoms with Crippen molar-refractivity contribution in [2.45, 2.75) is 33.7 Å². The van der Waals surface area contributed by atoms with Gasteiger partial charge in [0.1, 0.15) is 0 Å². The molecule has 1 amide bonds. The number of anilines is 2. The number of rotatable bonds is 5. The standard InChI is InChI=1S/C15H22N2O/c1-5-7-15(18)16-13-8-10-14(11-9-13)17(6-2)12(3)4/h5,7-12H,6H2,1-4H3,(H,16,18)/b7-5+. The van der Waals surface area contributed by atoms with Crippen LogP contribution in [0.15, 0.2) is 36.4 Å². The lowest BCUT2D eigenvalue weighted by molar-refractivity contribution is -0.111. The Bertz CT molecular complexity index is 407. The molecule has 0 radical (unpaired) electrons. The van der Waals surface area contributed by atoms with Crippen LogP contribution in [0.4, 0.5) is 11.4 Å². The maximum absolute atomic E-state index is 11.4. The van der Waals surface area contributed by atoms with Crippen LogP contribution in [0, 0.1) is 0 Å². The summed E-state index contributed by atoms with van der Waals surface area (Å²) in [7, 11) is 0. The molecule has 0 heterocycles. The lowest BCUT2D eigenvalue weighted by atomic mass is 10.2. The fourth-order valence-corrected chi connectivity index (χ4v) is 1.92. The summed E-state index contributed by atoms with van der Waals surface area (Å²) in [6.45, 7) is 9.28. The van der Waals surface area contributed by atoms with Crippen molar-refractivity contribution in [2.75, 3.05) is 16.8 Å². The molecule has 0 aliphatic carbocycles. The summed E-state index contributed by atoms with van der Waals surface area (Å²) < 4.78 is 0. The van der Waals surface area contributed by atoms with E-state index in [4.69, 9.17) is 0 Å². The van der Waals surface area contributed by atoms with Gasteiger partial charge in [-0.15, -0.1) is 0 Å². The number of nitrogens with zero attached hydrogens (tertiary/aromatic N) is 1. The molecule has 18 heavy (non-hydrogen) atoms. The van der Waals surface area contributed by atoms with Crippen molar-refractivity contribution in [2.24, 2.45) is 0 Å². The zero-order valence-corrected chi connectivity index (χ0v) is 11.6. The first kappa shape index (κ1) is 14.3. The van der Waals surface area contributed by atoms with Crippen molar-refractivity contribution in [1.82, 2.24) is 0 Å². The summed E-state index contributed by atoms with van der Waals surface area (Å²) in [5.74, 6) is -0.0959. The molecular formula is C15H22N2O. The molecule has 98 valence electrons. The fraction of sp³-hybridized carbons (Fsp3) is 0.400. The van der Waals surface area contributed by atoms with Crippen molar-refractivity contribution in [1.29, 1.82) is 0 Å². The first-order chi connectivity index (χ1) is 8.58. The predicted molar refractivity (Wildman–Crippen MR) is 78.0 cm³/mol. The number of carbonyl (C=O) groups excluding carboxylic acids is 1. The highest BCUT2D eigenvalue weighted by atomic mass is 16.1. The van der Waals surface area contributed by atoms with Crippen molar-refractivity contribution >= 4 is 17.3 Å². The topological polar surface area (TPSA) is 32.3 Å². The van der Waals surface area contributed by atoms with E-state index >= 15 is 0 Å². The van der Waals surface area contributed by atoms with E-state index in [0.717, 1.165) is 12.2 Å². The molecule has 0 aliphatic heterocycles. The van der Waals surface area contributed by atoms with Gasteiger partial charge >= 0.3 is 0 Å². The van der Waals surface area contributed by atoms with Crippen molar-refractivity contribution in [3.05, 3.63) is 36.4 Å². The fourth-order valence-electron chi connectivity index (χ4n) is 1.92. The van der Waals surface area contributed by atoms with Gasteiger partial charge in [-0.1, -0.05) is 6.08 Å². The van der Waals surface area contributed by atoms with Gasteiger partial charge in [-0.3, -0.25) is 4.79 Å². The normalized spacial score (nSPS) is 10.9. The third-order valence-electron chi connectivity index (χ3n) is 2.75. The van der Waals surface area contributed by atoms with E-state index in [1.54, 1.807) is 6.08 Å². The van der Waals surface area contributed by atoms with Crippen LogP contribution in [0.2, 0.25) is 0 Å². The van der Waals surface area contributed by atoms with Crippen LogP contribution in [-0.4, -0.2) is 18.5 Å². The first-order valence-electron chi connectivity index (χ1n) is 6.38. The van der Waals surface area contributed by atoms with Crippen LogP contribution in [-0.2, 0) is 4.79 Å². The molecular weight excluding hydrogens is 224 g/mol. The smallest absolute Gasteiger partial charge is 0.248 e. The molecule has 3 heteroatoms. The van der Waals surface area contributed by atoms with Crippen LogP contribution in [0.25, 0.3) is 0 Å². The van der Waals surface area contributed by atoms with Crippen molar-refractivity contribution < 1.29 is 4.79 Å². The second-order valence-electron chi connectivity index (χ2n) is 4.42. The maximum atomic E-state index is 11.4. The van der Waals surface area contributed by atoms with Gasteiger partial charge in [0.2, 0.25) is 5.91 Å². The minimum Gasteiger partial charge on any atom is -0.369 e. The van der Waals surface area contributed by atoms with Crippen LogP contribution in [0.1, 0.15) is 27.7 Å².